The second kappa shape index (κ2) is 8.77. The lowest BCUT2D eigenvalue weighted by molar-refractivity contribution is -0.522. The van der Waals surface area contributed by atoms with Crippen molar-refractivity contribution in [3.8, 4) is 0 Å². The van der Waals surface area contributed by atoms with E-state index in [1.54, 1.807) is 43.3 Å². The van der Waals surface area contributed by atoms with Gasteiger partial charge in [-0.25, -0.2) is 8.42 Å². The zero-order valence-electron chi connectivity index (χ0n) is 15.0. The first-order valence-corrected chi connectivity index (χ1v) is 9.99. The van der Waals surface area contributed by atoms with Gasteiger partial charge in [-0.1, -0.05) is 48.5 Å². The maximum absolute atomic E-state index is 13.3. The molecule has 0 saturated carbocycles. The number of sulfone groups is 1. The molecule has 0 fully saturated rings. The monoisotopic (exact) mass is 391 g/mol. The third-order valence-corrected chi connectivity index (χ3v) is 6.37. The van der Waals surface area contributed by atoms with Gasteiger partial charge in [-0.05, 0) is 24.6 Å². The summed E-state index contributed by atoms with van der Waals surface area (Å²) in [4.78, 5) is 23.5. The molecule has 2 aromatic rings. The van der Waals surface area contributed by atoms with Gasteiger partial charge in [0, 0.05) is 11.8 Å². The number of hydrogen-bond donors (Lipinski definition) is 0. The van der Waals surface area contributed by atoms with Crippen LogP contribution in [0, 0.1) is 10.1 Å². The molecule has 0 radical (unpaired) electrons. The van der Waals surface area contributed by atoms with Crippen molar-refractivity contribution >= 4 is 15.8 Å². The van der Waals surface area contributed by atoms with Crippen LogP contribution in [-0.2, 0) is 19.4 Å². The molecule has 0 saturated heterocycles. The van der Waals surface area contributed by atoms with E-state index in [4.69, 9.17) is 4.74 Å². The van der Waals surface area contributed by atoms with E-state index >= 15 is 0 Å². The zero-order valence-corrected chi connectivity index (χ0v) is 15.8. The predicted molar refractivity (Wildman–Crippen MR) is 99.7 cm³/mol. The zero-order chi connectivity index (χ0) is 20.0. The van der Waals surface area contributed by atoms with Crippen molar-refractivity contribution in [2.75, 3.05) is 6.61 Å². The van der Waals surface area contributed by atoms with Gasteiger partial charge in [-0.15, -0.1) is 0 Å². The topological polar surface area (TPSA) is 104 Å². The lowest BCUT2D eigenvalue weighted by Gasteiger charge is -2.26. The summed E-state index contributed by atoms with van der Waals surface area (Å²) in [5.41, 5.74) is 0.388. The number of ether oxygens (including phenoxy) is 1. The molecular formula is C19H21NO6S. The van der Waals surface area contributed by atoms with Crippen LogP contribution in [0.2, 0.25) is 0 Å². The standard InChI is InChI=1S/C19H21NO6S/c1-3-26-19(21)18(27(24,25)16-12-8-5-9-13-16)17(14(2)20(22)23)15-10-6-4-7-11-15/h4-14,17-18H,3H2,1-2H3. The van der Waals surface area contributed by atoms with Gasteiger partial charge >= 0.3 is 5.97 Å². The number of carbonyl (C=O) groups is 1. The summed E-state index contributed by atoms with van der Waals surface area (Å²) in [6.07, 6.45) is 0. The van der Waals surface area contributed by atoms with Gasteiger partial charge < -0.3 is 4.74 Å². The largest absolute Gasteiger partial charge is 0.465 e. The molecule has 0 N–H and O–H groups in total. The summed E-state index contributed by atoms with van der Waals surface area (Å²) in [7, 11) is -4.23. The Balaban J connectivity index is 2.69. The first kappa shape index (κ1) is 20.6. The molecule has 0 spiro atoms. The van der Waals surface area contributed by atoms with Crippen molar-refractivity contribution in [1.29, 1.82) is 0 Å². The number of carbonyl (C=O) groups excluding carboxylic acids is 1. The highest BCUT2D eigenvalue weighted by atomic mass is 32.2. The molecule has 0 heterocycles. The number of esters is 1. The molecule has 2 rings (SSSR count). The number of nitro groups is 1. The van der Waals surface area contributed by atoms with Crippen LogP contribution in [0.4, 0.5) is 0 Å². The molecule has 2 aromatic carbocycles. The van der Waals surface area contributed by atoms with Crippen LogP contribution in [0.5, 0.6) is 0 Å². The van der Waals surface area contributed by atoms with Gasteiger partial charge in [0.1, 0.15) is 0 Å². The summed E-state index contributed by atoms with van der Waals surface area (Å²) in [5, 5.41) is 9.79. The van der Waals surface area contributed by atoms with Crippen molar-refractivity contribution in [1.82, 2.24) is 0 Å². The lowest BCUT2D eigenvalue weighted by atomic mass is 9.89. The third kappa shape index (κ3) is 4.51. The molecule has 0 aromatic heterocycles. The minimum absolute atomic E-state index is 0.0337. The smallest absolute Gasteiger partial charge is 0.325 e. The number of hydrogen-bond acceptors (Lipinski definition) is 6. The molecular weight excluding hydrogens is 370 g/mol. The van der Waals surface area contributed by atoms with Gasteiger partial charge in [-0.2, -0.15) is 0 Å². The van der Waals surface area contributed by atoms with E-state index in [9.17, 15) is 23.3 Å². The van der Waals surface area contributed by atoms with Crippen LogP contribution in [0.3, 0.4) is 0 Å². The van der Waals surface area contributed by atoms with Gasteiger partial charge in [0.2, 0.25) is 6.04 Å². The fourth-order valence-corrected chi connectivity index (χ4v) is 4.88. The summed E-state index contributed by atoms with van der Waals surface area (Å²) in [5.74, 6) is -2.20. The Morgan fingerprint density at radius 2 is 1.59 bits per heavy atom. The molecule has 144 valence electrons. The molecule has 0 aliphatic rings. The normalized spacial score (nSPS) is 14.7. The van der Waals surface area contributed by atoms with E-state index in [0.717, 1.165) is 0 Å². The second-order valence-electron chi connectivity index (χ2n) is 5.99. The highest BCUT2D eigenvalue weighted by Gasteiger charge is 2.48. The summed E-state index contributed by atoms with van der Waals surface area (Å²) in [6.45, 7) is 2.82. The van der Waals surface area contributed by atoms with Crippen molar-refractivity contribution in [3.63, 3.8) is 0 Å². The average molecular weight is 391 g/mol. The molecule has 3 atom stereocenters. The summed E-state index contributed by atoms with van der Waals surface area (Å²) < 4.78 is 31.5. The van der Waals surface area contributed by atoms with Gasteiger partial charge in [0.15, 0.2) is 15.1 Å². The lowest BCUT2D eigenvalue weighted by Crippen LogP contribution is -2.44. The van der Waals surface area contributed by atoms with Crippen molar-refractivity contribution in [2.24, 2.45) is 0 Å². The van der Waals surface area contributed by atoms with E-state index in [1.165, 1.54) is 31.2 Å². The first-order chi connectivity index (χ1) is 12.8. The van der Waals surface area contributed by atoms with Gasteiger partial charge in [-0.3, -0.25) is 14.9 Å². The quantitative estimate of drug-likeness (QED) is 0.389. The molecule has 7 nitrogen and oxygen atoms in total. The Labute approximate surface area is 158 Å². The highest BCUT2D eigenvalue weighted by Crippen LogP contribution is 2.33. The van der Waals surface area contributed by atoms with Crippen LogP contribution in [0.15, 0.2) is 65.6 Å². The summed E-state index contributed by atoms with van der Waals surface area (Å²) in [6, 6.07) is 14.3. The van der Waals surface area contributed by atoms with Crippen molar-refractivity contribution in [2.45, 2.75) is 36.0 Å². The fourth-order valence-electron chi connectivity index (χ4n) is 2.96. The van der Waals surface area contributed by atoms with Crippen LogP contribution >= 0.6 is 0 Å². The van der Waals surface area contributed by atoms with Crippen LogP contribution in [0.1, 0.15) is 25.3 Å². The molecule has 27 heavy (non-hydrogen) atoms. The Morgan fingerprint density at radius 3 is 2.07 bits per heavy atom. The number of rotatable bonds is 8. The molecule has 3 unspecified atom stereocenters. The van der Waals surface area contributed by atoms with E-state index < -0.39 is 37.9 Å². The third-order valence-electron chi connectivity index (χ3n) is 4.29. The molecule has 0 amide bonds. The van der Waals surface area contributed by atoms with E-state index in [-0.39, 0.29) is 11.5 Å². The Morgan fingerprint density at radius 1 is 1.07 bits per heavy atom. The maximum Gasteiger partial charge on any atom is 0.325 e. The predicted octanol–water partition coefficient (Wildman–Crippen LogP) is 2.84. The number of nitrogens with zero attached hydrogens (tertiary/aromatic N) is 1. The highest BCUT2D eigenvalue weighted by molar-refractivity contribution is 7.92. The minimum Gasteiger partial charge on any atom is -0.465 e. The van der Waals surface area contributed by atoms with Crippen LogP contribution in [0.25, 0.3) is 0 Å². The molecule has 0 bridgehead atoms. The van der Waals surface area contributed by atoms with E-state index in [1.807, 2.05) is 0 Å². The Hall–Kier alpha value is -2.74. The number of benzene rings is 2. The Bertz CT molecular complexity index is 883. The van der Waals surface area contributed by atoms with Crippen LogP contribution in [-0.4, -0.2) is 37.2 Å². The van der Waals surface area contributed by atoms with E-state index in [0.29, 0.717) is 5.56 Å². The molecule has 0 aliphatic heterocycles. The molecule has 0 aliphatic carbocycles. The average Bonchev–Trinajstić information content (AvgIpc) is 2.66. The first-order valence-electron chi connectivity index (χ1n) is 8.44. The van der Waals surface area contributed by atoms with E-state index in [2.05, 4.69) is 0 Å². The molecule has 8 heteroatoms. The maximum atomic E-state index is 13.3. The minimum atomic E-state index is -4.23. The summed E-state index contributed by atoms with van der Waals surface area (Å²) >= 11 is 0. The van der Waals surface area contributed by atoms with Gasteiger partial charge in [0.25, 0.3) is 0 Å². The Kier molecular flexibility index (Phi) is 6.68. The van der Waals surface area contributed by atoms with Crippen molar-refractivity contribution < 1.29 is 22.9 Å². The second-order valence-corrected chi connectivity index (χ2v) is 8.06. The van der Waals surface area contributed by atoms with Crippen LogP contribution < -0.4 is 0 Å². The van der Waals surface area contributed by atoms with Gasteiger partial charge in [0.05, 0.1) is 17.4 Å². The van der Waals surface area contributed by atoms with Crippen molar-refractivity contribution in [3.05, 3.63) is 76.3 Å². The fraction of sp³-hybridized carbons (Fsp3) is 0.316. The SMILES string of the molecule is CCOC(=O)C(C(c1ccccc1)C(C)[N+](=O)[O-])S(=O)(=O)c1ccccc1.